The van der Waals surface area contributed by atoms with Gasteiger partial charge >= 0.3 is 0 Å². The lowest BCUT2D eigenvalue weighted by Gasteiger charge is -2.56. The topological polar surface area (TPSA) is 72.2 Å². The molecule has 0 aliphatic carbocycles. The lowest BCUT2D eigenvalue weighted by Crippen LogP contribution is -2.69. The molecule has 0 aromatic heterocycles. The molecular formula is C40H76N6. The van der Waals surface area contributed by atoms with E-state index in [9.17, 15) is 0 Å². The third-order valence-electron chi connectivity index (χ3n) is 14.8. The molecule has 6 fully saturated rings. The van der Waals surface area contributed by atoms with Gasteiger partial charge in [-0.2, -0.15) is 0 Å². The molecule has 6 nitrogen and oxygen atoms in total. The molecule has 0 aromatic rings. The highest BCUT2D eigenvalue weighted by atomic mass is 15.1. The van der Waals surface area contributed by atoms with Gasteiger partial charge in [0.1, 0.15) is 0 Å². The van der Waals surface area contributed by atoms with Gasteiger partial charge < -0.3 is 31.9 Å². The molecule has 6 heteroatoms. The van der Waals surface area contributed by atoms with Crippen molar-refractivity contribution in [3.8, 4) is 0 Å². The fourth-order valence-electron chi connectivity index (χ4n) is 11.9. The van der Waals surface area contributed by atoms with Crippen LogP contribution in [-0.2, 0) is 0 Å². The highest BCUT2D eigenvalue weighted by molar-refractivity contribution is 5.10. The minimum Gasteiger partial charge on any atom is -0.311 e. The summed E-state index contributed by atoms with van der Waals surface area (Å²) in [5.74, 6) is 0. The second kappa shape index (κ2) is 15.8. The van der Waals surface area contributed by atoms with Crippen LogP contribution in [0.4, 0.5) is 0 Å². The van der Waals surface area contributed by atoms with Crippen molar-refractivity contribution in [1.29, 1.82) is 0 Å². The summed E-state index contributed by atoms with van der Waals surface area (Å²) in [6.07, 6.45) is 27.0. The highest BCUT2D eigenvalue weighted by Crippen LogP contribution is 2.44. The Morgan fingerprint density at radius 2 is 0.587 bits per heavy atom. The van der Waals surface area contributed by atoms with Gasteiger partial charge in [0.25, 0.3) is 0 Å². The predicted molar refractivity (Wildman–Crippen MR) is 196 cm³/mol. The van der Waals surface area contributed by atoms with Crippen LogP contribution < -0.4 is 31.9 Å². The van der Waals surface area contributed by atoms with E-state index in [4.69, 9.17) is 0 Å². The van der Waals surface area contributed by atoms with Crippen LogP contribution in [0.1, 0.15) is 170 Å². The van der Waals surface area contributed by atoms with Gasteiger partial charge in [-0.15, -0.1) is 0 Å². The maximum atomic E-state index is 4.38. The van der Waals surface area contributed by atoms with Crippen molar-refractivity contribution in [3.05, 3.63) is 0 Å². The minimum absolute atomic E-state index is 0.256. The predicted octanol–water partition coefficient (Wildman–Crippen LogP) is 6.92. The van der Waals surface area contributed by atoms with E-state index in [1.807, 2.05) is 0 Å². The van der Waals surface area contributed by atoms with Crippen molar-refractivity contribution in [2.24, 2.45) is 10.8 Å². The number of hydrogen-bond acceptors (Lipinski definition) is 6. The van der Waals surface area contributed by atoms with Gasteiger partial charge in [0.15, 0.2) is 0 Å². The van der Waals surface area contributed by atoms with Crippen molar-refractivity contribution >= 4 is 0 Å². The largest absolute Gasteiger partial charge is 0.311 e. The summed E-state index contributed by atoms with van der Waals surface area (Å²) in [6.45, 7) is 15.0. The molecule has 266 valence electrons. The van der Waals surface area contributed by atoms with Crippen LogP contribution in [0.25, 0.3) is 0 Å². The second-order valence-corrected chi connectivity index (χ2v) is 18.2. The van der Waals surface area contributed by atoms with Crippen LogP contribution in [0.2, 0.25) is 0 Å². The molecule has 6 saturated heterocycles. The molecule has 6 rings (SSSR count). The van der Waals surface area contributed by atoms with Gasteiger partial charge in [-0.3, -0.25) is 0 Å². The van der Waals surface area contributed by atoms with E-state index in [2.05, 4.69) is 73.4 Å². The monoisotopic (exact) mass is 641 g/mol. The number of hydrogen-bond donors (Lipinski definition) is 6. The first-order valence-corrected chi connectivity index (χ1v) is 20.7. The molecule has 0 radical (unpaired) electrons. The van der Waals surface area contributed by atoms with Crippen LogP contribution in [-0.4, -0.2) is 72.5 Å². The average molecular weight is 641 g/mol. The zero-order valence-electron chi connectivity index (χ0n) is 31.1. The first-order valence-electron chi connectivity index (χ1n) is 20.7. The fraction of sp³-hybridized carbons (Fsp3) is 1.00. The van der Waals surface area contributed by atoms with Crippen LogP contribution in [0.5, 0.6) is 0 Å². The van der Waals surface area contributed by atoms with Crippen LogP contribution in [0.3, 0.4) is 0 Å². The molecule has 6 N–H and O–H groups in total. The average Bonchev–Trinajstić information content (AvgIpc) is 3.07. The van der Waals surface area contributed by atoms with Gasteiger partial charge in [-0.05, 0) is 118 Å². The third-order valence-corrected chi connectivity index (χ3v) is 14.8. The summed E-state index contributed by atoms with van der Waals surface area (Å²) in [5, 5.41) is 25.3. The Balaban J connectivity index is 1.11. The summed E-state index contributed by atoms with van der Waals surface area (Å²) >= 11 is 0. The zero-order valence-corrected chi connectivity index (χ0v) is 31.1. The van der Waals surface area contributed by atoms with Crippen molar-refractivity contribution in [2.75, 3.05) is 0 Å². The van der Waals surface area contributed by atoms with Gasteiger partial charge in [-0.25, -0.2) is 0 Å². The van der Waals surface area contributed by atoms with Crippen LogP contribution in [0, 0.1) is 10.8 Å². The second-order valence-electron chi connectivity index (χ2n) is 18.2. The molecule has 0 aromatic carbocycles. The third kappa shape index (κ3) is 7.88. The summed E-state index contributed by atoms with van der Waals surface area (Å²) in [4.78, 5) is 0. The zero-order chi connectivity index (χ0) is 32.3. The maximum absolute atomic E-state index is 4.38. The maximum Gasteiger partial charge on any atom is 0.0153 e. The molecule has 0 spiro atoms. The SMILES string of the molecule is CC1CCCC(C(C)(C2CCCC(C)N2)C2CCCC(CCC3CCCC(C(C)(C4CCCC(C)N4)C4CCCC(C)N4)N3)N2)N1. The Kier molecular flexibility index (Phi) is 12.2. The Morgan fingerprint density at radius 1 is 0.348 bits per heavy atom. The van der Waals surface area contributed by atoms with E-state index in [1.54, 1.807) is 0 Å². The minimum atomic E-state index is 0.256. The lowest BCUT2D eigenvalue weighted by atomic mass is 9.62. The summed E-state index contributed by atoms with van der Waals surface area (Å²) in [5.41, 5.74) is 0.512. The van der Waals surface area contributed by atoms with Gasteiger partial charge in [0.2, 0.25) is 0 Å². The van der Waals surface area contributed by atoms with Gasteiger partial charge in [-0.1, -0.05) is 52.4 Å². The molecule has 0 saturated carbocycles. The highest BCUT2D eigenvalue weighted by Gasteiger charge is 2.51. The normalized spacial score (nSPS) is 45.8. The van der Waals surface area contributed by atoms with Crippen molar-refractivity contribution in [2.45, 2.75) is 242 Å². The smallest absolute Gasteiger partial charge is 0.0153 e. The number of nitrogens with one attached hydrogen (secondary N) is 6. The Hall–Kier alpha value is -0.240. The summed E-state index contributed by atoms with van der Waals surface area (Å²) in [7, 11) is 0. The fourth-order valence-corrected chi connectivity index (χ4v) is 11.9. The van der Waals surface area contributed by atoms with E-state index in [0.29, 0.717) is 72.5 Å². The molecular weight excluding hydrogens is 564 g/mol. The van der Waals surface area contributed by atoms with E-state index < -0.39 is 0 Å². The summed E-state index contributed by atoms with van der Waals surface area (Å²) in [6, 6.07) is 7.57. The first-order chi connectivity index (χ1) is 22.2. The van der Waals surface area contributed by atoms with Crippen molar-refractivity contribution < 1.29 is 0 Å². The van der Waals surface area contributed by atoms with E-state index in [1.165, 1.54) is 128 Å². The number of rotatable bonds is 9. The van der Waals surface area contributed by atoms with Crippen LogP contribution in [0.15, 0.2) is 0 Å². The Morgan fingerprint density at radius 3 is 0.848 bits per heavy atom. The van der Waals surface area contributed by atoms with E-state index >= 15 is 0 Å². The van der Waals surface area contributed by atoms with E-state index in [0.717, 1.165) is 0 Å². The van der Waals surface area contributed by atoms with Crippen LogP contribution >= 0.6 is 0 Å². The van der Waals surface area contributed by atoms with Gasteiger partial charge in [0.05, 0.1) is 0 Å². The molecule has 6 aliphatic heterocycles. The molecule has 12 unspecified atom stereocenters. The molecule has 6 heterocycles. The molecule has 6 aliphatic rings. The summed E-state index contributed by atoms with van der Waals surface area (Å²) < 4.78 is 0. The van der Waals surface area contributed by atoms with Gasteiger partial charge in [0, 0.05) is 83.3 Å². The quantitative estimate of drug-likeness (QED) is 0.164. The van der Waals surface area contributed by atoms with Crippen molar-refractivity contribution in [3.63, 3.8) is 0 Å². The molecule has 0 amide bonds. The first kappa shape index (κ1) is 35.6. The van der Waals surface area contributed by atoms with Crippen molar-refractivity contribution in [1.82, 2.24) is 31.9 Å². The number of piperidine rings is 6. The lowest BCUT2D eigenvalue weighted by molar-refractivity contribution is 0.0216. The molecule has 12 atom stereocenters. The standard InChI is InChI=1S/C40H76N6/c1-27-13-7-19-33(41-27)39(5,34-20-8-14-28(2)42-34)37-23-11-17-31(45-37)25-26-32-18-12-24-38(46-32)40(6,35-21-9-15-29(3)43-35)36-22-10-16-30(4)44-36/h27-38,41-46H,7-26H2,1-6H3. The Labute approximate surface area is 284 Å². The molecule has 46 heavy (non-hydrogen) atoms. The Bertz CT molecular complexity index is 823. The molecule has 0 bridgehead atoms. The van der Waals surface area contributed by atoms with E-state index in [-0.39, 0.29) is 10.8 Å².